The summed E-state index contributed by atoms with van der Waals surface area (Å²) in [4.78, 5) is 8.20. The highest BCUT2D eigenvalue weighted by atomic mass is 15.3. The van der Waals surface area contributed by atoms with Gasteiger partial charge in [0.25, 0.3) is 6.71 Å². The predicted octanol–water partition coefficient (Wildman–Crippen LogP) is 17.8. The van der Waals surface area contributed by atoms with E-state index in [0.717, 1.165) is 25.7 Å². The smallest absolute Gasteiger partial charge is 0.252 e. The van der Waals surface area contributed by atoms with Crippen molar-refractivity contribution in [2.24, 2.45) is 5.41 Å². The predicted molar refractivity (Wildman–Crippen MR) is 335 cm³/mol. The summed E-state index contributed by atoms with van der Waals surface area (Å²) in [5.74, 6) is 0. The molecule has 2 aliphatic carbocycles. The van der Waals surface area contributed by atoms with Crippen molar-refractivity contribution in [1.29, 1.82) is 0 Å². The van der Waals surface area contributed by atoms with Gasteiger partial charge in [-0.25, -0.2) is 0 Å². The number of benzene rings is 8. The van der Waals surface area contributed by atoms with E-state index in [1.54, 1.807) is 0 Å². The summed E-state index contributed by atoms with van der Waals surface area (Å²) in [5.41, 5.74) is 29.2. The van der Waals surface area contributed by atoms with Gasteiger partial charge in [0, 0.05) is 50.8 Å². The summed E-state index contributed by atoms with van der Waals surface area (Å²) in [6.45, 7) is 33.4. The Morgan fingerprint density at radius 2 is 1.01 bits per heavy atom. The van der Waals surface area contributed by atoms with Crippen LogP contribution in [-0.4, -0.2) is 12.3 Å². The molecule has 3 nitrogen and oxygen atoms in total. The van der Waals surface area contributed by atoms with Gasteiger partial charge in [0.2, 0.25) is 0 Å². The number of fused-ring (bicyclic) bond motifs is 8. The van der Waals surface area contributed by atoms with E-state index >= 15 is 0 Å². The van der Waals surface area contributed by atoms with Gasteiger partial charge in [-0.1, -0.05) is 192 Å². The standard InChI is InChI=1S/C74H80BN3/c1-47-37-66-68-67(38-47)77(62-33-28-54(70(6,7)8)42-57(62)49-23-17-15-18-24-49)64-41-51-46-72(12,13)45-50(51)40-60(64)75(68)59-31-30-56(44-65(59)76(66)61-32-27-53(39-48(61)2)69(3,4)5)78-63-34-29-55(71(9,10)11)43-58(63)74(52-25-19-16-20-26-52)36-22-21-35-73(74,78)14/h15-20,23-34,37-44H,21-22,35-36,45-46H2,1-14H3. The molecule has 0 spiro atoms. The lowest BCUT2D eigenvalue weighted by molar-refractivity contribution is 0.215. The molecule has 0 bridgehead atoms. The molecule has 2 atom stereocenters. The first-order chi connectivity index (χ1) is 37.0. The van der Waals surface area contributed by atoms with Gasteiger partial charge in [-0.05, 0) is 195 Å². The number of nitrogens with zero attached hydrogens (tertiary/aromatic N) is 3. The fourth-order valence-electron chi connectivity index (χ4n) is 15.4. The zero-order valence-corrected chi connectivity index (χ0v) is 49.2. The van der Waals surface area contributed by atoms with Crippen LogP contribution in [0.4, 0.5) is 45.5 Å². The van der Waals surface area contributed by atoms with Crippen LogP contribution in [0.1, 0.15) is 159 Å². The largest absolute Gasteiger partial charge is 0.334 e. The number of hydrogen-bond donors (Lipinski definition) is 0. The van der Waals surface area contributed by atoms with Crippen LogP contribution >= 0.6 is 0 Å². The molecular formula is C74H80BN3. The molecule has 0 saturated heterocycles. The van der Waals surface area contributed by atoms with Gasteiger partial charge in [0.05, 0.1) is 11.2 Å². The average molecular weight is 1020 g/mol. The second-order valence-electron chi connectivity index (χ2n) is 28.4. The molecule has 0 amide bonds. The molecular weight excluding hydrogens is 942 g/mol. The second kappa shape index (κ2) is 17.4. The third kappa shape index (κ3) is 7.65. The lowest BCUT2D eigenvalue weighted by Gasteiger charge is -2.52. The Labute approximate surface area is 467 Å². The van der Waals surface area contributed by atoms with Crippen LogP contribution in [0.25, 0.3) is 11.1 Å². The normalized spacial score (nSPS) is 20.0. The third-order valence-electron chi connectivity index (χ3n) is 19.3. The lowest BCUT2D eigenvalue weighted by Crippen LogP contribution is -2.61. The van der Waals surface area contributed by atoms with Crippen LogP contribution in [0.15, 0.2) is 158 Å². The van der Waals surface area contributed by atoms with Crippen molar-refractivity contribution in [3.63, 3.8) is 0 Å². The van der Waals surface area contributed by atoms with Crippen LogP contribution in [0, 0.1) is 19.3 Å². The molecule has 394 valence electrons. The molecule has 3 heterocycles. The molecule has 2 unspecified atom stereocenters. The summed E-state index contributed by atoms with van der Waals surface area (Å²) < 4.78 is 0. The van der Waals surface area contributed by atoms with Gasteiger partial charge in [-0.2, -0.15) is 0 Å². The maximum absolute atomic E-state index is 2.82. The maximum atomic E-state index is 2.82. The molecule has 4 heteroatoms. The molecule has 0 N–H and O–H groups in total. The summed E-state index contributed by atoms with van der Waals surface area (Å²) in [6.07, 6.45) is 6.80. The van der Waals surface area contributed by atoms with Crippen LogP contribution in [0.5, 0.6) is 0 Å². The molecule has 8 aromatic carbocycles. The van der Waals surface area contributed by atoms with Crippen molar-refractivity contribution in [1.82, 2.24) is 0 Å². The van der Waals surface area contributed by atoms with Gasteiger partial charge in [0.1, 0.15) is 0 Å². The summed E-state index contributed by atoms with van der Waals surface area (Å²) in [6, 6.07) is 62.9. The Hall–Kier alpha value is -6.78. The van der Waals surface area contributed by atoms with Crippen molar-refractivity contribution in [3.05, 3.63) is 208 Å². The van der Waals surface area contributed by atoms with E-state index in [4.69, 9.17) is 0 Å². The van der Waals surface area contributed by atoms with E-state index in [2.05, 4.69) is 269 Å². The van der Waals surface area contributed by atoms with Crippen LogP contribution < -0.4 is 31.1 Å². The van der Waals surface area contributed by atoms with Crippen molar-refractivity contribution >= 4 is 68.6 Å². The first-order valence-corrected chi connectivity index (χ1v) is 29.3. The van der Waals surface area contributed by atoms with E-state index < -0.39 is 0 Å². The molecule has 0 radical (unpaired) electrons. The van der Waals surface area contributed by atoms with Crippen LogP contribution in [0.3, 0.4) is 0 Å². The van der Waals surface area contributed by atoms with Gasteiger partial charge >= 0.3 is 0 Å². The van der Waals surface area contributed by atoms with E-state index in [1.165, 1.54) is 136 Å². The number of hydrogen-bond acceptors (Lipinski definition) is 3. The van der Waals surface area contributed by atoms with Crippen LogP contribution in [0.2, 0.25) is 0 Å². The zero-order valence-electron chi connectivity index (χ0n) is 49.2. The summed E-state index contributed by atoms with van der Waals surface area (Å²) in [7, 11) is 0. The highest BCUT2D eigenvalue weighted by molar-refractivity contribution is 7.00. The maximum Gasteiger partial charge on any atom is 0.252 e. The van der Waals surface area contributed by atoms with Crippen molar-refractivity contribution in [2.45, 2.75) is 163 Å². The molecule has 1 fully saturated rings. The fraction of sp³-hybridized carbons (Fsp3) is 0.351. The number of rotatable bonds is 5. The van der Waals surface area contributed by atoms with E-state index in [9.17, 15) is 0 Å². The van der Waals surface area contributed by atoms with E-state index in [-0.39, 0.29) is 39.3 Å². The Kier molecular flexibility index (Phi) is 11.3. The van der Waals surface area contributed by atoms with Crippen molar-refractivity contribution in [2.75, 3.05) is 14.7 Å². The molecule has 8 aromatic rings. The summed E-state index contributed by atoms with van der Waals surface area (Å²) in [5, 5.41) is 0. The van der Waals surface area contributed by atoms with E-state index in [0.29, 0.717) is 0 Å². The second-order valence-corrected chi connectivity index (χ2v) is 28.4. The summed E-state index contributed by atoms with van der Waals surface area (Å²) >= 11 is 0. The van der Waals surface area contributed by atoms with Gasteiger partial charge < -0.3 is 14.7 Å². The zero-order chi connectivity index (χ0) is 54.6. The molecule has 3 aliphatic heterocycles. The lowest BCUT2D eigenvalue weighted by atomic mass is 9.33. The Morgan fingerprint density at radius 1 is 0.462 bits per heavy atom. The van der Waals surface area contributed by atoms with Crippen molar-refractivity contribution < 1.29 is 0 Å². The molecule has 1 saturated carbocycles. The first-order valence-electron chi connectivity index (χ1n) is 29.3. The first kappa shape index (κ1) is 50.7. The Bertz CT molecular complexity index is 3730. The SMILES string of the molecule is Cc1cc2c3c(c1)N(c1ccc(C(C)(C)C)cc1-c1ccccc1)c1cc4c(cc1B3c1ccc(N3c5ccc(C(C)(C)C)cc5C5(c6ccccc6)CCCCC35C)cc1N2c1ccc(C(C)(C)C)cc1C)CC(C)(C)C4. The number of aryl methyl sites for hydroxylation is 2. The minimum atomic E-state index is -0.213. The Balaban J connectivity index is 1.10. The van der Waals surface area contributed by atoms with Gasteiger partial charge in [0.15, 0.2) is 0 Å². The molecule has 13 rings (SSSR count). The van der Waals surface area contributed by atoms with E-state index in [1.807, 2.05) is 0 Å². The molecule has 78 heavy (non-hydrogen) atoms. The topological polar surface area (TPSA) is 9.72 Å². The Morgan fingerprint density at radius 3 is 1.65 bits per heavy atom. The number of anilines is 8. The monoisotopic (exact) mass is 1020 g/mol. The highest BCUT2D eigenvalue weighted by Gasteiger charge is 2.61. The van der Waals surface area contributed by atoms with Crippen molar-refractivity contribution in [3.8, 4) is 11.1 Å². The highest BCUT2D eigenvalue weighted by Crippen LogP contribution is 2.64. The van der Waals surface area contributed by atoms with Gasteiger partial charge in [-0.3, -0.25) is 0 Å². The average Bonchev–Trinajstić information content (AvgIpc) is 3.85. The quantitative estimate of drug-likeness (QED) is 0.159. The van der Waals surface area contributed by atoms with Gasteiger partial charge in [-0.15, -0.1) is 0 Å². The molecule has 5 aliphatic rings. The molecule has 0 aromatic heterocycles. The fourth-order valence-corrected chi connectivity index (χ4v) is 15.4. The third-order valence-corrected chi connectivity index (χ3v) is 19.3. The minimum absolute atomic E-state index is 0.00762. The van der Waals surface area contributed by atoms with Crippen LogP contribution in [-0.2, 0) is 34.5 Å². The minimum Gasteiger partial charge on any atom is -0.334 e.